The van der Waals surface area contributed by atoms with Crippen LogP contribution in [0.2, 0.25) is 5.02 Å². The summed E-state index contributed by atoms with van der Waals surface area (Å²) in [4.78, 5) is 30.5. The number of piperidine rings is 1. The van der Waals surface area contributed by atoms with E-state index in [1.807, 2.05) is 17.0 Å². The summed E-state index contributed by atoms with van der Waals surface area (Å²) in [5.74, 6) is 0.608. The van der Waals surface area contributed by atoms with Crippen LogP contribution < -0.4 is 5.32 Å². The van der Waals surface area contributed by atoms with Gasteiger partial charge in [0.25, 0.3) is 0 Å². The minimum Gasteiger partial charge on any atom is -0.379 e. The van der Waals surface area contributed by atoms with Crippen LogP contribution >= 0.6 is 23.4 Å². The molecule has 1 unspecified atom stereocenters. The maximum atomic E-state index is 12.8. The van der Waals surface area contributed by atoms with E-state index in [2.05, 4.69) is 10.2 Å². The van der Waals surface area contributed by atoms with Crippen molar-refractivity contribution in [2.24, 2.45) is 5.92 Å². The van der Waals surface area contributed by atoms with Gasteiger partial charge in [-0.1, -0.05) is 11.6 Å². The van der Waals surface area contributed by atoms with Crippen molar-refractivity contribution in [3.8, 4) is 0 Å². The molecule has 0 radical (unpaired) electrons. The number of hydrogen-bond acceptors (Lipinski definition) is 5. The summed E-state index contributed by atoms with van der Waals surface area (Å²) in [5.41, 5.74) is 0.732. The number of hydrogen-bond donors (Lipinski definition) is 1. The van der Waals surface area contributed by atoms with Crippen LogP contribution in [0.1, 0.15) is 19.3 Å². The highest BCUT2D eigenvalue weighted by Gasteiger charge is 2.32. The van der Waals surface area contributed by atoms with Crippen molar-refractivity contribution >= 4 is 40.9 Å². The summed E-state index contributed by atoms with van der Waals surface area (Å²) in [6, 6.07) is 5.46. The second-order valence-electron chi connectivity index (χ2n) is 7.68. The Morgan fingerprint density at radius 2 is 1.96 bits per heavy atom. The highest BCUT2D eigenvalue weighted by Crippen LogP contribution is 2.38. The number of fused-ring (bicyclic) bond motifs is 1. The number of ether oxygens (including phenoxy) is 1. The lowest BCUT2D eigenvalue weighted by Crippen LogP contribution is -2.45. The molecule has 6 nitrogen and oxygen atoms in total. The predicted octanol–water partition coefficient (Wildman–Crippen LogP) is 2.71. The first-order chi connectivity index (χ1) is 13.6. The second-order valence-corrected chi connectivity index (χ2v) is 9.36. The van der Waals surface area contributed by atoms with Crippen LogP contribution in [0.4, 0.5) is 5.69 Å². The number of nitrogens with zero attached hydrogens (tertiary/aromatic N) is 2. The highest BCUT2D eigenvalue weighted by atomic mass is 35.5. The molecule has 152 valence electrons. The van der Waals surface area contributed by atoms with Crippen LogP contribution in [-0.2, 0) is 14.3 Å². The molecule has 2 amide bonds. The Morgan fingerprint density at radius 3 is 2.71 bits per heavy atom. The molecule has 1 aromatic carbocycles. The Morgan fingerprint density at radius 1 is 1.21 bits per heavy atom. The summed E-state index contributed by atoms with van der Waals surface area (Å²) in [6.07, 6.45) is 2.32. The molecule has 1 N–H and O–H groups in total. The van der Waals surface area contributed by atoms with Crippen molar-refractivity contribution in [2.75, 3.05) is 51.3 Å². The zero-order valence-corrected chi connectivity index (χ0v) is 17.4. The smallest absolute Gasteiger partial charge is 0.238 e. The molecule has 0 bridgehead atoms. The van der Waals surface area contributed by atoms with Crippen molar-refractivity contribution in [1.82, 2.24) is 9.80 Å². The summed E-state index contributed by atoms with van der Waals surface area (Å²) in [7, 11) is 0. The molecule has 0 aromatic heterocycles. The number of thioether (sulfide) groups is 1. The molecular weight excluding hydrogens is 398 g/mol. The highest BCUT2D eigenvalue weighted by molar-refractivity contribution is 8.01. The van der Waals surface area contributed by atoms with E-state index in [-0.39, 0.29) is 23.5 Å². The quantitative estimate of drug-likeness (QED) is 0.806. The topological polar surface area (TPSA) is 61.9 Å². The van der Waals surface area contributed by atoms with Gasteiger partial charge in [0.1, 0.15) is 0 Å². The number of morpholine rings is 1. The van der Waals surface area contributed by atoms with Crippen molar-refractivity contribution in [1.29, 1.82) is 0 Å². The minimum atomic E-state index is -0.382. The van der Waals surface area contributed by atoms with Crippen LogP contribution in [0.3, 0.4) is 0 Å². The third-order valence-electron chi connectivity index (χ3n) is 5.71. The lowest BCUT2D eigenvalue weighted by Gasteiger charge is -2.36. The van der Waals surface area contributed by atoms with E-state index in [0.29, 0.717) is 10.9 Å². The second kappa shape index (κ2) is 9.03. The summed E-state index contributed by atoms with van der Waals surface area (Å²) >= 11 is 7.44. The Bertz CT molecular complexity index is 733. The number of benzene rings is 1. The summed E-state index contributed by atoms with van der Waals surface area (Å²) < 4.78 is 5.41. The maximum Gasteiger partial charge on any atom is 0.238 e. The van der Waals surface area contributed by atoms with Gasteiger partial charge >= 0.3 is 0 Å². The zero-order chi connectivity index (χ0) is 19.5. The molecule has 4 rings (SSSR count). The van der Waals surface area contributed by atoms with Gasteiger partial charge in [0.15, 0.2) is 0 Å². The van der Waals surface area contributed by atoms with Gasteiger partial charge < -0.3 is 15.0 Å². The molecule has 3 heterocycles. The van der Waals surface area contributed by atoms with E-state index in [9.17, 15) is 9.59 Å². The Labute approximate surface area is 174 Å². The molecule has 2 saturated heterocycles. The number of amides is 2. The van der Waals surface area contributed by atoms with Gasteiger partial charge in [-0.2, -0.15) is 0 Å². The molecule has 8 heteroatoms. The van der Waals surface area contributed by atoms with Gasteiger partial charge in [0, 0.05) is 49.1 Å². The number of anilines is 1. The number of halogens is 1. The van der Waals surface area contributed by atoms with Gasteiger partial charge in [0.2, 0.25) is 11.8 Å². The standard InChI is InChI=1S/C20H26ClN3O3S/c21-15-1-2-17-16(11-15)22-20(26)18(28-17)12-19(25)24-5-3-14(4-6-24)13-23-7-9-27-10-8-23/h1-2,11,14,18H,3-10,12-13H2,(H,22,26). The lowest BCUT2D eigenvalue weighted by molar-refractivity contribution is -0.134. The summed E-state index contributed by atoms with van der Waals surface area (Å²) in [5, 5.41) is 3.09. The number of rotatable bonds is 4. The van der Waals surface area contributed by atoms with Crippen molar-refractivity contribution in [3.05, 3.63) is 23.2 Å². The van der Waals surface area contributed by atoms with Gasteiger partial charge in [-0.3, -0.25) is 14.5 Å². The maximum absolute atomic E-state index is 12.8. The van der Waals surface area contributed by atoms with E-state index in [4.69, 9.17) is 16.3 Å². The Balaban J connectivity index is 1.26. The fraction of sp³-hybridized carbons (Fsp3) is 0.600. The number of carbonyl (C=O) groups excluding carboxylic acids is 2. The number of likely N-dealkylation sites (tertiary alicyclic amines) is 1. The predicted molar refractivity (Wildman–Crippen MR) is 111 cm³/mol. The molecule has 0 saturated carbocycles. The van der Waals surface area contributed by atoms with Crippen LogP contribution in [0, 0.1) is 5.92 Å². The molecule has 3 aliphatic rings. The molecule has 1 atom stereocenters. The van der Waals surface area contributed by atoms with Crippen LogP contribution in [0.5, 0.6) is 0 Å². The van der Waals surface area contributed by atoms with Crippen molar-refractivity contribution in [3.63, 3.8) is 0 Å². The molecule has 0 aliphatic carbocycles. The molecule has 0 spiro atoms. The first kappa shape index (κ1) is 20.0. The van der Waals surface area contributed by atoms with Gasteiger partial charge in [-0.05, 0) is 37.0 Å². The minimum absolute atomic E-state index is 0.0786. The molecule has 3 aliphatic heterocycles. The Kier molecular flexibility index (Phi) is 6.45. The first-order valence-corrected chi connectivity index (χ1v) is 11.2. The third-order valence-corrected chi connectivity index (χ3v) is 7.22. The van der Waals surface area contributed by atoms with E-state index in [1.165, 1.54) is 11.8 Å². The van der Waals surface area contributed by atoms with Crippen LogP contribution in [0.15, 0.2) is 23.1 Å². The first-order valence-electron chi connectivity index (χ1n) is 9.93. The average molecular weight is 424 g/mol. The summed E-state index contributed by atoms with van der Waals surface area (Å²) in [6.45, 7) is 6.37. The van der Waals surface area contributed by atoms with E-state index >= 15 is 0 Å². The monoisotopic (exact) mass is 423 g/mol. The molecular formula is C20H26ClN3O3S. The normalized spacial score (nSPS) is 24.0. The Hall–Kier alpha value is -1.28. The molecule has 28 heavy (non-hydrogen) atoms. The van der Waals surface area contributed by atoms with Crippen LogP contribution in [-0.4, -0.2) is 72.8 Å². The van der Waals surface area contributed by atoms with Gasteiger partial charge in [-0.25, -0.2) is 0 Å². The van der Waals surface area contributed by atoms with Gasteiger partial charge in [-0.15, -0.1) is 11.8 Å². The number of nitrogens with one attached hydrogen (secondary N) is 1. The molecule has 1 aromatic rings. The molecule has 2 fully saturated rings. The van der Waals surface area contributed by atoms with Gasteiger partial charge in [0.05, 0.1) is 24.2 Å². The van der Waals surface area contributed by atoms with E-state index in [1.54, 1.807) is 6.07 Å². The van der Waals surface area contributed by atoms with Crippen LogP contribution in [0.25, 0.3) is 0 Å². The number of carbonyl (C=O) groups is 2. The average Bonchev–Trinajstić information content (AvgIpc) is 2.70. The largest absolute Gasteiger partial charge is 0.379 e. The lowest BCUT2D eigenvalue weighted by atomic mass is 9.95. The fourth-order valence-corrected chi connectivity index (χ4v) is 5.31. The van der Waals surface area contributed by atoms with E-state index in [0.717, 1.165) is 69.4 Å². The third kappa shape index (κ3) is 4.82. The van der Waals surface area contributed by atoms with Crippen molar-refractivity contribution < 1.29 is 14.3 Å². The fourth-order valence-electron chi connectivity index (χ4n) is 4.06. The zero-order valence-electron chi connectivity index (χ0n) is 15.9. The van der Waals surface area contributed by atoms with E-state index < -0.39 is 0 Å². The SMILES string of the molecule is O=C1Nc2cc(Cl)ccc2SC1CC(=O)N1CCC(CN2CCOCC2)CC1. The van der Waals surface area contributed by atoms with Crippen molar-refractivity contribution in [2.45, 2.75) is 29.4 Å².